The molecule has 1 aromatic heterocycles. The first-order valence-electron chi connectivity index (χ1n) is 10.7. The highest BCUT2D eigenvalue weighted by atomic mass is 32.2. The number of hydrogen-bond acceptors (Lipinski definition) is 3. The van der Waals surface area contributed by atoms with E-state index in [2.05, 4.69) is 43.0 Å². The van der Waals surface area contributed by atoms with E-state index in [1.165, 1.54) is 24.0 Å². The fraction of sp³-hybridized carbons (Fsp3) is 0.308. The fourth-order valence-electron chi connectivity index (χ4n) is 5.17. The summed E-state index contributed by atoms with van der Waals surface area (Å²) in [6.45, 7) is 4.39. The average molecular weight is 415 g/mol. The van der Waals surface area contributed by atoms with Crippen molar-refractivity contribution in [3.8, 4) is 11.3 Å². The molecule has 0 radical (unpaired) electrons. The highest BCUT2D eigenvalue weighted by molar-refractivity contribution is 7.98. The van der Waals surface area contributed by atoms with Crippen LogP contribution in [0.3, 0.4) is 0 Å². The van der Waals surface area contributed by atoms with Crippen LogP contribution in [0.5, 0.6) is 0 Å². The van der Waals surface area contributed by atoms with Gasteiger partial charge in [0, 0.05) is 23.3 Å². The Hall–Kier alpha value is -2.59. The zero-order valence-corrected chi connectivity index (χ0v) is 18.0. The summed E-state index contributed by atoms with van der Waals surface area (Å²) < 4.78 is 1.84. The number of thioether (sulfide) groups is 1. The maximum atomic E-state index is 13.9. The molecule has 1 saturated carbocycles. The smallest absolute Gasteiger partial charge is 0.258 e. The second kappa shape index (κ2) is 7.92. The monoisotopic (exact) mass is 414 g/mol. The molecule has 2 aromatic carbocycles. The maximum Gasteiger partial charge on any atom is 0.258 e. The zero-order chi connectivity index (χ0) is 20.6. The third kappa shape index (κ3) is 3.24. The number of hydrogen-bond donors (Lipinski definition) is 0. The Bertz CT molecular complexity index is 1140. The summed E-state index contributed by atoms with van der Waals surface area (Å²) in [6.07, 6.45) is 7.30. The van der Waals surface area contributed by atoms with E-state index in [4.69, 9.17) is 4.98 Å². The van der Waals surface area contributed by atoms with Crippen molar-refractivity contribution in [2.45, 2.75) is 55.0 Å². The molecule has 1 heterocycles. The van der Waals surface area contributed by atoms with Gasteiger partial charge in [-0.05, 0) is 30.4 Å². The normalized spacial score (nSPS) is 16.3. The molecule has 2 aliphatic carbocycles. The molecule has 1 spiro atoms. The molecule has 3 aromatic rings. The van der Waals surface area contributed by atoms with E-state index in [1.54, 1.807) is 17.8 Å². The molecule has 0 saturated heterocycles. The quantitative estimate of drug-likeness (QED) is 0.303. The number of allylic oxidation sites excluding steroid dienone is 1. The van der Waals surface area contributed by atoms with Crippen LogP contribution in [-0.2, 0) is 24.1 Å². The lowest BCUT2D eigenvalue weighted by molar-refractivity contribution is 0.418. The van der Waals surface area contributed by atoms with Crippen molar-refractivity contribution in [1.82, 2.24) is 9.55 Å². The first-order valence-corrected chi connectivity index (χ1v) is 11.7. The van der Waals surface area contributed by atoms with Crippen LogP contribution in [-0.4, -0.2) is 9.55 Å². The molecule has 0 atom stereocenters. The minimum absolute atomic E-state index is 0.0562. The van der Waals surface area contributed by atoms with Crippen molar-refractivity contribution < 1.29 is 0 Å². The van der Waals surface area contributed by atoms with Gasteiger partial charge in [0.25, 0.3) is 5.56 Å². The topological polar surface area (TPSA) is 34.9 Å². The number of fused-ring (bicyclic) bond motifs is 4. The molecule has 3 nitrogen and oxygen atoms in total. The van der Waals surface area contributed by atoms with Crippen LogP contribution >= 0.6 is 11.8 Å². The van der Waals surface area contributed by atoms with Crippen molar-refractivity contribution in [3.63, 3.8) is 0 Å². The predicted molar refractivity (Wildman–Crippen MR) is 124 cm³/mol. The summed E-state index contributed by atoms with van der Waals surface area (Å²) in [5, 5.41) is 0.785. The summed E-state index contributed by atoms with van der Waals surface area (Å²) in [7, 11) is 0. The van der Waals surface area contributed by atoms with Crippen LogP contribution in [0.1, 0.15) is 42.4 Å². The largest absolute Gasteiger partial charge is 0.283 e. The van der Waals surface area contributed by atoms with Crippen molar-refractivity contribution in [2.24, 2.45) is 0 Å². The van der Waals surface area contributed by atoms with Gasteiger partial charge >= 0.3 is 0 Å². The second-order valence-corrected chi connectivity index (χ2v) is 9.36. The summed E-state index contributed by atoms with van der Waals surface area (Å²) in [4.78, 5) is 19.0. The second-order valence-electron chi connectivity index (χ2n) is 8.42. The zero-order valence-electron chi connectivity index (χ0n) is 17.1. The minimum atomic E-state index is -0.0562. The Morgan fingerprint density at radius 2 is 1.80 bits per heavy atom. The predicted octanol–water partition coefficient (Wildman–Crippen LogP) is 5.76. The highest BCUT2D eigenvalue weighted by Crippen LogP contribution is 2.50. The molecule has 4 heteroatoms. The molecular weight excluding hydrogens is 388 g/mol. The third-order valence-corrected chi connectivity index (χ3v) is 7.60. The standard InChI is InChI=1S/C26H26N2OS/c1-2-16-28-24(29)22-23(27-25(28)30-18-19-10-4-3-5-11-19)21-13-7-6-12-20(21)17-26(22)14-8-9-15-26/h2-7,10-13H,1,8-9,14-18H2. The van der Waals surface area contributed by atoms with Gasteiger partial charge in [0.15, 0.2) is 5.16 Å². The van der Waals surface area contributed by atoms with E-state index in [1.807, 2.05) is 22.8 Å². The van der Waals surface area contributed by atoms with Gasteiger partial charge in [-0.3, -0.25) is 9.36 Å². The van der Waals surface area contributed by atoms with Crippen molar-refractivity contribution in [1.29, 1.82) is 0 Å². The Kier molecular flexibility index (Phi) is 5.11. The minimum Gasteiger partial charge on any atom is -0.283 e. The Balaban J connectivity index is 1.68. The van der Waals surface area contributed by atoms with Gasteiger partial charge < -0.3 is 0 Å². The van der Waals surface area contributed by atoms with Crippen molar-refractivity contribution >= 4 is 11.8 Å². The molecule has 2 aliphatic rings. The number of rotatable bonds is 5. The van der Waals surface area contributed by atoms with Crippen LogP contribution in [0.4, 0.5) is 0 Å². The van der Waals surface area contributed by atoms with E-state index >= 15 is 0 Å². The fourth-order valence-corrected chi connectivity index (χ4v) is 6.12. The molecule has 152 valence electrons. The SMILES string of the molecule is C=CCn1c(SCc2ccccc2)nc2c(c1=O)C1(CCCC1)Cc1ccccc1-2. The Labute approximate surface area is 181 Å². The van der Waals surface area contributed by atoms with Gasteiger partial charge in [0.05, 0.1) is 11.3 Å². The van der Waals surface area contributed by atoms with Crippen LogP contribution in [0.15, 0.2) is 77.2 Å². The lowest BCUT2D eigenvalue weighted by atomic mass is 9.68. The van der Waals surface area contributed by atoms with Crippen molar-refractivity contribution in [2.75, 3.05) is 0 Å². The summed E-state index contributed by atoms with van der Waals surface area (Å²) in [6, 6.07) is 18.9. The summed E-state index contributed by atoms with van der Waals surface area (Å²) in [5.41, 5.74) is 5.64. The Morgan fingerprint density at radius 3 is 2.57 bits per heavy atom. The molecule has 0 bridgehead atoms. The lowest BCUT2D eigenvalue weighted by Crippen LogP contribution is -2.40. The van der Waals surface area contributed by atoms with Gasteiger partial charge in [-0.2, -0.15) is 0 Å². The van der Waals surface area contributed by atoms with Crippen LogP contribution in [0.2, 0.25) is 0 Å². The van der Waals surface area contributed by atoms with Gasteiger partial charge in [0.1, 0.15) is 0 Å². The van der Waals surface area contributed by atoms with Gasteiger partial charge in [-0.15, -0.1) is 6.58 Å². The van der Waals surface area contributed by atoms with E-state index in [9.17, 15) is 4.79 Å². The van der Waals surface area contributed by atoms with Crippen LogP contribution in [0.25, 0.3) is 11.3 Å². The summed E-state index contributed by atoms with van der Waals surface area (Å²) >= 11 is 1.64. The number of aromatic nitrogens is 2. The number of benzene rings is 2. The first-order chi connectivity index (χ1) is 14.7. The molecule has 0 aliphatic heterocycles. The third-order valence-electron chi connectivity index (χ3n) is 6.55. The molecule has 0 N–H and O–H groups in total. The lowest BCUT2D eigenvalue weighted by Gasteiger charge is -2.36. The first kappa shape index (κ1) is 19.4. The van der Waals surface area contributed by atoms with Crippen LogP contribution in [0, 0.1) is 0 Å². The average Bonchev–Trinajstić information content (AvgIpc) is 3.23. The molecular formula is C26H26N2OS. The van der Waals surface area contributed by atoms with E-state index < -0.39 is 0 Å². The number of nitrogens with zero attached hydrogens (tertiary/aromatic N) is 2. The van der Waals surface area contributed by atoms with E-state index in [0.29, 0.717) is 6.54 Å². The van der Waals surface area contributed by atoms with E-state index in [-0.39, 0.29) is 11.0 Å². The molecule has 1 fully saturated rings. The molecule has 5 rings (SSSR count). The highest BCUT2D eigenvalue weighted by Gasteiger charge is 2.44. The van der Waals surface area contributed by atoms with Gasteiger partial charge in [0.2, 0.25) is 0 Å². The van der Waals surface area contributed by atoms with E-state index in [0.717, 1.165) is 47.0 Å². The maximum absolute atomic E-state index is 13.9. The molecule has 0 unspecified atom stereocenters. The van der Waals surface area contributed by atoms with Crippen molar-refractivity contribution in [3.05, 3.63) is 94.3 Å². The van der Waals surface area contributed by atoms with Crippen LogP contribution < -0.4 is 5.56 Å². The Morgan fingerprint density at radius 1 is 1.07 bits per heavy atom. The summed E-state index contributed by atoms with van der Waals surface area (Å²) in [5.74, 6) is 0.788. The van der Waals surface area contributed by atoms with Gasteiger partial charge in [-0.25, -0.2) is 4.98 Å². The van der Waals surface area contributed by atoms with Gasteiger partial charge in [-0.1, -0.05) is 85.3 Å². The molecule has 0 amide bonds. The molecule has 30 heavy (non-hydrogen) atoms.